The molecular formula is C22H28N2O4S. The third-order valence-corrected chi connectivity index (χ3v) is 6.21. The Labute approximate surface area is 172 Å². The third kappa shape index (κ3) is 6.30. The summed E-state index contributed by atoms with van der Waals surface area (Å²) in [5.74, 6) is 0.447. The van der Waals surface area contributed by atoms with E-state index in [-0.39, 0.29) is 10.8 Å². The lowest BCUT2D eigenvalue weighted by atomic mass is 10.1. The molecule has 1 saturated carbocycles. The predicted octanol–water partition coefficient (Wildman–Crippen LogP) is 3.65. The van der Waals surface area contributed by atoms with Crippen molar-refractivity contribution in [2.45, 2.75) is 38.0 Å². The van der Waals surface area contributed by atoms with E-state index in [4.69, 9.17) is 4.74 Å². The van der Waals surface area contributed by atoms with Crippen LogP contribution in [0.15, 0.2) is 47.4 Å². The maximum Gasteiger partial charge on any atom is 0.261 e. The first-order valence-corrected chi connectivity index (χ1v) is 11.4. The topological polar surface area (TPSA) is 84.5 Å². The number of carbonyl (C=O) groups excluding carboxylic acids is 1. The maximum atomic E-state index is 12.7. The van der Waals surface area contributed by atoms with Crippen LogP contribution in [-0.4, -0.2) is 34.1 Å². The van der Waals surface area contributed by atoms with Gasteiger partial charge in [0.05, 0.1) is 4.90 Å². The highest BCUT2D eigenvalue weighted by atomic mass is 32.2. The summed E-state index contributed by atoms with van der Waals surface area (Å²) < 4.78 is 33.6. The monoisotopic (exact) mass is 416 g/mol. The summed E-state index contributed by atoms with van der Waals surface area (Å²) in [5.41, 5.74) is 2.52. The third-order valence-electron chi connectivity index (χ3n) is 4.84. The molecule has 2 aromatic carbocycles. The average Bonchev–Trinajstić information content (AvgIpc) is 3.48. The highest BCUT2D eigenvalue weighted by Gasteiger charge is 2.21. The van der Waals surface area contributed by atoms with Gasteiger partial charge in [0.15, 0.2) is 0 Å². The number of benzene rings is 2. The van der Waals surface area contributed by atoms with Crippen molar-refractivity contribution in [1.82, 2.24) is 5.32 Å². The van der Waals surface area contributed by atoms with Gasteiger partial charge in [-0.25, -0.2) is 8.42 Å². The second-order valence-corrected chi connectivity index (χ2v) is 9.26. The molecule has 0 aliphatic heterocycles. The SMILES string of the molecule is Cc1cccc(NS(=O)(=O)c2ccc(C)c(C(=O)NCCCOCC3CC3)c2)c1. The molecule has 6 nitrogen and oxygen atoms in total. The van der Waals surface area contributed by atoms with Crippen molar-refractivity contribution < 1.29 is 17.9 Å². The molecule has 1 fully saturated rings. The summed E-state index contributed by atoms with van der Waals surface area (Å²) in [5, 5.41) is 2.85. The van der Waals surface area contributed by atoms with Crippen molar-refractivity contribution in [3.63, 3.8) is 0 Å². The highest BCUT2D eigenvalue weighted by Crippen LogP contribution is 2.28. The average molecular weight is 417 g/mol. The molecule has 0 aromatic heterocycles. The van der Waals surface area contributed by atoms with Crippen LogP contribution < -0.4 is 10.0 Å². The first-order valence-electron chi connectivity index (χ1n) is 9.91. The summed E-state index contributed by atoms with van der Waals surface area (Å²) in [7, 11) is -3.79. The van der Waals surface area contributed by atoms with Gasteiger partial charge < -0.3 is 10.1 Å². The number of rotatable bonds is 10. The number of sulfonamides is 1. The van der Waals surface area contributed by atoms with Crippen molar-refractivity contribution in [3.8, 4) is 0 Å². The van der Waals surface area contributed by atoms with Crippen LogP contribution in [0, 0.1) is 19.8 Å². The van der Waals surface area contributed by atoms with Crippen molar-refractivity contribution in [2.75, 3.05) is 24.5 Å². The number of anilines is 1. The molecule has 1 amide bonds. The van der Waals surface area contributed by atoms with Crippen molar-refractivity contribution in [2.24, 2.45) is 5.92 Å². The summed E-state index contributed by atoms with van der Waals surface area (Å²) in [6.07, 6.45) is 3.24. The molecule has 2 aromatic rings. The van der Waals surface area contributed by atoms with Gasteiger partial charge in [0.2, 0.25) is 0 Å². The molecule has 0 heterocycles. The molecule has 0 spiro atoms. The number of carbonyl (C=O) groups is 1. The molecule has 2 N–H and O–H groups in total. The van der Waals surface area contributed by atoms with Crippen molar-refractivity contribution in [3.05, 3.63) is 59.2 Å². The van der Waals surface area contributed by atoms with Gasteiger partial charge in [0.1, 0.15) is 0 Å². The highest BCUT2D eigenvalue weighted by molar-refractivity contribution is 7.92. The maximum absolute atomic E-state index is 12.7. The van der Waals surface area contributed by atoms with Crippen LogP contribution in [0.25, 0.3) is 0 Å². The number of ether oxygens (including phenoxy) is 1. The van der Waals surface area contributed by atoms with Gasteiger partial charge in [0.25, 0.3) is 15.9 Å². The number of amides is 1. The zero-order chi connectivity index (χ0) is 20.9. The van der Waals surface area contributed by atoms with E-state index in [2.05, 4.69) is 10.0 Å². The summed E-state index contributed by atoms with van der Waals surface area (Å²) in [6, 6.07) is 11.7. The normalized spacial score (nSPS) is 13.9. The Morgan fingerprint density at radius 1 is 1.14 bits per heavy atom. The summed E-state index contributed by atoms with van der Waals surface area (Å²) in [4.78, 5) is 12.6. The van der Waals surface area contributed by atoms with Crippen LogP contribution in [0.2, 0.25) is 0 Å². The molecule has 0 atom stereocenters. The molecular weight excluding hydrogens is 388 g/mol. The van der Waals surface area contributed by atoms with E-state index in [1.165, 1.54) is 25.0 Å². The van der Waals surface area contributed by atoms with Crippen LogP contribution in [0.4, 0.5) is 5.69 Å². The minimum Gasteiger partial charge on any atom is -0.381 e. The molecule has 29 heavy (non-hydrogen) atoms. The Morgan fingerprint density at radius 3 is 2.66 bits per heavy atom. The lowest BCUT2D eigenvalue weighted by molar-refractivity contribution is 0.0936. The van der Waals surface area contributed by atoms with E-state index in [0.29, 0.717) is 24.4 Å². The first kappa shape index (κ1) is 21.3. The molecule has 156 valence electrons. The second kappa shape index (κ2) is 9.41. The Morgan fingerprint density at radius 2 is 1.93 bits per heavy atom. The fraction of sp³-hybridized carbons (Fsp3) is 0.409. The zero-order valence-corrected chi connectivity index (χ0v) is 17.7. The fourth-order valence-corrected chi connectivity index (χ4v) is 4.02. The van der Waals surface area contributed by atoms with Gasteiger partial charge in [-0.2, -0.15) is 0 Å². The van der Waals surface area contributed by atoms with Gasteiger partial charge >= 0.3 is 0 Å². The fourth-order valence-electron chi connectivity index (χ4n) is 2.94. The van der Waals surface area contributed by atoms with Crippen molar-refractivity contribution >= 4 is 21.6 Å². The minimum atomic E-state index is -3.79. The van der Waals surface area contributed by atoms with Gasteiger partial charge in [-0.05, 0) is 74.4 Å². The molecule has 0 saturated heterocycles. The van der Waals surface area contributed by atoms with Crippen molar-refractivity contribution in [1.29, 1.82) is 0 Å². The minimum absolute atomic E-state index is 0.0579. The van der Waals surface area contributed by atoms with Gasteiger partial charge in [0, 0.05) is 31.0 Å². The quantitative estimate of drug-likeness (QED) is 0.579. The van der Waals surface area contributed by atoms with Gasteiger partial charge in [-0.1, -0.05) is 18.2 Å². The molecule has 0 unspecified atom stereocenters. The standard InChI is InChI=1S/C22H28N2O4S/c1-16-5-3-6-19(13-16)24-29(26,27)20-10-7-17(2)21(14-20)22(25)23-11-4-12-28-15-18-8-9-18/h3,5-7,10,13-14,18,24H,4,8-9,11-12,15H2,1-2H3,(H,23,25). The van der Waals surface area contributed by atoms with Crippen LogP contribution in [0.1, 0.15) is 40.7 Å². The van der Waals surface area contributed by atoms with E-state index in [0.717, 1.165) is 30.1 Å². The Balaban J connectivity index is 1.60. The second-order valence-electron chi connectivity index (χ2n) is 7.58. The molecule has 3 rings (SSSR count). The molecule has 7 heteroatoms. The summed E-state index contributed by atoms with van der Waals surface area (Å²) >= 11 is 0. The van der Waals surface area contributed by atoms with Crippen LogP contribution in [0.3, 0.4) is 0 Å². The Hall–Kier alpha value is -2.38. The lowest BCUT2D eigenvalue weighted by Gasteiger charge is -2.12. The smallest absolute Gasteiger partial charge is 0.261 e. The van der Waals surface area contributed by atoms with Crippen LogP contribution in [0.5, 0.6) is 0 Å². The first-order chi connectivity index (χ1) is 13.8. The van der Waals surface area contributed by atoms with E-state index < -0.39 is 10.0 Å². The van der Waals surface area contributed by atoms with Gasteiger partial charge in [-0.3, -0.25) is 9.52 Å². The van der Waals surface area contributed by atoms with Crippen LogP contribution in [-0.2, 0) is 14.8 Å². The van der Waals surface area contributed by atoms with E-state index in [9.17, 15) is 13.2 Å². The van der Waals surface area contributed by atoms with Gasteiger partial charge in [-0.15, -0.1) is 0 Å². The van der Waals surface area contributed by atoms with E-state index in [1.54, 1.807) is 31.2 Å². The summed E-state index contributed by atoms with van der Waals surface area (Å²) in [6.45, 7) is 5.59. The Bertz CT molecular complexity index is 969. The number of hydrogen-bond donors (Lipinski definition) is 2. The predicted molar refractivity (Wildman–Crippen MR) is 114 cm³/mol. The Kier molecular flexibility index (Phi) is 6.92. The number of hydrogen-bond acceptors (Lipinski definition) is 4. The number of aryl methyl sites for hydroxylation is 2. The zero-order valence-electron chi connectivity index (χ0n) is 16.9. The lowest BCUT2D eigenvalue weighted by Crippen LogP contribution is -2.26. The van der Waals surface area contributed by atoms with Crippen LogP contribution >= 0.6 is 0 Å². The largest absolute Gasteiger partial charge is 0.381 e. The molecule has 1 aliphatic carbocycles. The molecule has 0 bridgehead atoms. The molecule has 0 radical (unpaired) electrons. The van der Waals surface area contributed by atoms with E-state index >= 15 is 0 Å². The number of nitrogens with one attached hydrogen (secondary N) is 2. The van der Waals surface area contributed by atoms with E-state index in [1.807, 2.05) is 13.0 Å². The molecule has 1 aliphatic rings.